The van der Waals surface area contributed by atoms with Crippen LogP contribution in [0, 0.1) is 0 Å². The number of anilines is 1. The average molecular weight is 404 g/mol. The SMILES string of the molecule is CN(C)C(=O)Sc1cccc(NS(=O)(=O)c2cccc(-n3cnnn3)c2)c1. The summed E-state index contributed by atoms with van der Waals surface area (Å²) in [6.45, 7) is 0. The number of carbonyl (C=O) groups is 1. The Hall–Kier alpha value is -2.92. The van der Waals surface area contributed by atoms with Gasteiger partial charge in [0.15, 0.2) is 0 Å². The van der Waals surface area contributed by atoms with Crippen molar-refractivity contribution in [2.24, 2.45) is 0 Å². The number of hydrogen-bond donors (Lipinski definition) is 1. The third-order valence-electron chi connectivity index (χ3n) is 3.40. The topological polar surface area (TPSA) is 110 Å². The van der Waals surface area contributed by atoms with Gasteiger partial charge in [0, 0.05) is 24.7 Å². The van der Waals surface area contributed by atoms with Crippen molar-refractivity contribution in [1.82, 2.24) is 25.1 Å². The maximum Gasteiger partial charge on any atom is 0.285 e. The van der Waals surface area contributed by atoms with Gasteiger partial charge in [0.2, 0.25) is 0 Å². The Morgan fingerprint density at radius 2 is 1.93 bits per heavy atom. The molecule has 0 radical (unpaired) electrons. The van der Waals surface area contributed by atoms with Crippen molar-refractivity contribution in [2.75, 3.05) is 18.8 Å². The first-order valence-corrected chi connectivity index (χ1v) is 10.0. The number of benzene rings is 2. The van der Waals surface area contributed by atoms with Crippen LogP contribution in [0.3, 0.4) is 0 Å². The Bertz CT molecular complexity index is 1050. The zero-order valence-corrected chi connectivity index (χ0v) is 16.1. The molecule has 0 aliphatic rings. The number of nitrogens with zero attached hydrogens (tertiary/aromatic N) is 5. The van der Waals surface area contributed by atoms with Crippen molar-refractivity contribution in [3.05, 3.63) is 54.9 Å². The zero-order chi connectivity index (χ0) is 19.4. The molecule has 0 spiro atoms. The highest BCUT2D eigenvalue weighted by atomic mass is 32.2. The quantitative estimate of drug-likeness (QED) is 0.649. The Morgan fingerprint density at radius 3 is 2.63 bits per heavy atom. The number of carbonyl (C=O) groups excluding carboxylic acids is 1. The monoisotopic (exact) mass is 404 g/mol. The van der Waals surface area contributed by atoms with Crippen LogP contribution in [-0.2, 0) is 10.0 Å². The number of amides is 1. The third-order valence-corrected chi connectivity index (χ3v) is 5.81. The molecule has 0 aliphatic carbocycles. The highest BCUT2D eigenvalue weighted by Gasteiger charge is 2.16. The molecule has 3 rings (SSSR count). The van der Waals surface area contributed by atoms with E-state index in [0.717, 1.165) is 11.8 Å². The summed E-state index contributed by atoms with van der Waals surface area (Å²) in [5.74, 6) is 0. The van der Waals surface area contributed by atoms with Gasteiger partial charge in [0.05, 0.1) is 10.6 Å². The summed E-state index contributed by atoms with van der Waals surface area (Å²) < 4.78 is 29.3. The van der Waals surface area contributed by atoms with Gasteiger partial charge in [-0.15, -0.1) is 5.10 Å². The van der Waals surface area contributed by atoms with Crippen LogP contribution in [0.1, 0.15) is 0 Å². The Balaban J connectivity index is 1.83. The molecular weight excluding hydrogens is 388 g/mol. The smallest absolute Gasteiger partial charge is 0.285 e. The lowest BCUT2D eigenvalue weighted by molar-refractivity contribution is 0.241. The van der Waals surface area contributed by atoms with Crippen molar-refractivity contribution in [3.63, 3.8) is 0 Å². The third kappa shape index (κ3) is 4.63. The zero-order valence-electron chi connectivity index (χ0n) is 14.5. The van der Waals surface area contributed by atoms with E-state index in [1.165, 1.54) is 28.0 Å². The summed E-state index contributed by atoms with van der Waals surface area (Å²) in [5, 5.41) is 10.7. The molecule has 11 heteroatoms. The van der Waals surface area contributed by atoms with Gasteiger partial charge < -0.3 is 4.90 Å². The summed E-state index contributed by atoms with van der Waals surface area (Å²) in [5.41, 5.74) is 0.878. The molecule has 0 bridgehead atoms. The van der Waals surface area contributed by atoms with Gasteiger partial charge in [-0.05, 0) is 58.6 Å². The molecule has 0 unspecified atom stereocenters. The summed E-state index contributed by atoms with van der Waals surface area (Å²) in [6.07, 6.45) is 1.38. The predicted octanol–water partition coefficient (Wildman–Crippen LogP) is 2.24. The van der Waals surface area contributed by atoms with E-state index in [9.17, 15) is 13.2 Å². The van der Waals surface area contributed by atoms with Crippen LogP contribution in [0.15, 0.2) is 64.6 Å². The molecule has 9 nitrogen and oxygen atoms in total. The van der Waals surface area contributed by atoms with Crippen LogP contribution in [-0.4, -0.2) is 52.9 Å². The molecule has 3 aromatic rings. The summed E-state index contributed by atoms with van der Waals surface area (Å²) in [7, 11) is -0.520. The van der Waals surface area contributed by atoms with Crippen molar-refractivity contribution < 1.29 is 13.2 Å². The number of nitrogens with one attached hydrogen (secondary N) is 1. The molecule has 1 aromatic heterocycles. The van der Waals surface area contributed by atoms with E-state index >= 15 is 0 Å². The lowest BCUT2D eigenvalue weighted by atomic mass is 10.3. The van der Waals surface area contributed by atoms with Gasteiger partial charge in [-0.1, -0.05) is 12.1 Å². The minimum Gasteiger partial charge on any atom is -0.339 e. The molecule has 0 fully saturated rings. The van der Waals surface area contributed by atoms with Crippen molar-refractivity contribution in [3.8, 4) is 5.69 Å². The maximum atomic E-state index is 12.7. The van der Waals surface area contributed by atoms with Gasteiger partial charge in [-0.3, -0.25) is 9.52 Å². The summed E-state index contributed by atoms with van der Waals surface area (Å²) in [6, 6.07) is 12.9. The number of hydrogen-bond acceptors (Lipinski definition) is 7. The van der Waals surface area contributed by atoms with E-state index in [-0.39, 0.29) is 10.1 Å². The van der Waals surface area contributed by atoms with Gasteiger partial charge in [0.1, 0.15) is 6.33 Å². The predicted molar refractivity (Wildman–Crippen MR) is 101 cm³/mol. The molecule has 140 valence electrons. The lowest BCUT2D eigenvalue weighted by Crippen LogP contribution is -2.16. The molecule has 27 heavy (non-hydrogen) atoms. The van der Waals surface area contributed by atoms with E-state index in [2.05, 4.69) is 20.2 Å². The van der Waals surface area contributed by atoms with Crippen molar-refractivity contribution in [2.45, 2.75) is 9.79 Å². The number of sulfonamides is 1. The van der Waals surface area contributed by atoms with E-state index < -0.39 is 10.0 Å². The van der Waals surface area contributed by atoms with Gasteiger partial charge in [-0.2, -0.15) is 0 Å². The molecule has 0 saturated carbocycles. The molecule has 1 heterocycles. The van der Waals surface area contributed by atoms with Crippen LogP contribution < -0.4 is 4.72 Å². The standard InChI is InChI=1S/C16H16N6O3S2/c1-21(2)16(23)26-14-7-3-5-12(9-14)18-27(24,25)15-8-4-6-13(10-15)22-11-17-19-20-22/h3-11,18H,1-2H3. The second-order valence-electron chi connectivity index (χ2n) is 5.65. The van der Waals surface area contributed by atoms with Gasteiger partial charge in [0.25, 0.3) is 15.3 Å². The Kier molecular flexibility index (Phi) is 5.42. The van der Waals surface area contributed by atoms with Gasteiger partial charge in [-0.25, -0.2) is 13.1 Å². The van der Waals surface area contributed by atoms with Crippen LogP contribution in [0.4, 0.5) is 10.5 Å². The van der Waals surface area contributed by atoms with Crippen molar-refractivity contribution >= 4 is 32.7 Å². The molecule has 0 saturated heterocycles. The fraction of sp³-hybridized carbons (Fsp3) is 0.125. The Morgan fingerprint density at radius 1 is 1.15 bits per heavy atom. The number of aromatic nitrogens is 4. The second-order valence-corrected chi connectivity index (χ2v) is 8.35. The first kappa shape index (κ1) is 18.9. The van der Waals surface area contributed by atoms with Crippen LogP contribution >= 0.6 is 11.8 Å². The number of thioether (sulfide) groups is 1. The first-order chi connectivity index (χ1) is 12.8. The number of tetrazole rings is 1. The summed E-state index contributed by atoms with van der Waals surface area (Å²) in [4.78, 5) is 14.0. The van der Waals surface area contributed by atoms with Gasteiger partial charge >= 0.3 is 0 Å². The van der Waals surface area contributed by atoms with Crippen LogP contribution in [0.2, 0.25) is 0 Å². The molecule has 0 atom stereocenters. The number of rotatable bonds is 5. The molecule has 0 aliphatic heterocycles. The molecule has 1 N–H and O–H groups in total. The van der Waals surface area contributed by atoms with Crippen molar-refractivity contribution in [1.29, 1.82) is 0 Å². The molecular formula is C16H16N6O3S2. The van der Waals surface area contributed by atoms with E-state index in [1.54, 1.807) is 50.5 Å². The second kappa shape index (κ2) is 7.76. The summed E-state index contributed by atoms with van der Waals surface area (Å²) >= 11 is 1.02. The maximum absolute atomic E-state index is 12.7. The Labute approximate surface area is 160 Å². The lowest BCUT2D eigenvalue weighted by Gasteiger charge is -2.12. The fourth-order valence-corrected chi connectivity index (χ4v) is 3.91. The normalized spacial score (nSPS) is 11.2. The largest absolute Gasteiger partial charge is 0.339 e. The molecule has 1 amide bonds. The van der Waals surface area contributed by atoms with E-state index in [1.807, 2.05) is 0 Å². The van der Waals surface area contributed by atoms with Crippen LogP contribution in [0.5, 0.6) is 0 Å². The highest BCUT2D eigenvalue weighted by Crippen LogP contribution is 2.25. The average Bonchev–Trinajstić information content (AvgIpc) is 3.16. The fourth-order valence-electron chi connectivity index (χ4n) is 2.10. The first-order valence-electron chi connectivity index (χ1n) is 7.70. The highest BCUT2D eigenvalue weighted by molar-refractivity contribution is 8.13. The van der Waals surface area contributed by atoms with E-state index in [4.69, 9.17) is 0 Å². The van der Waals surface area contributed by atoms with E-state index in [0.29, 0.717) is 16.3 Å². The minimum atomic E-state index is -3.82. The van der Waals surface area contributed by atoms with Crippen LogP contribution in [0.25, 0.3) is 5.69 Å². The minimum absolute atomic E-state index is 0.0675. The molecule has 2 aromatic carbocycles.